The van der Waals surface area contributed by atoms with Crippen LogP contribution in [-0.4, -0.2) is 45.7 Å². The minimum atomic E-state index is -0.647. The van der Waals surface area contributed by atoms with Crippen molar-refractivity contribution in [3.8, 4) is 6.07 Å². The normalized spacial score (nSPS) is 16.8. The minimum Gasteiger partial charge on any atom is -0.365 e. The molecule has 3 rings (SSSR count). The maximum absolute atomic E-state index is 13.3. The summed E-state index contributed by atoms with van der Waals surface area (Å²) < 4.78 is 15.0. The molecule has 1 fully saturated rings. The van der Waals surface area contributed by atoms with Crippen LogP contribution >= 0.6 is 0 Å². The molecule has 0 aliphatic carbocycles. The first-order valence-electron chi connectivity index (χ1n) is 8.27. The fourth-order valence-electron chi connectivity index (χ4n) is 3.18. The summed E-state index contributed by atoms with van der Waals surface area (Å²) in [4.78, 5) is 17.5. The third-order valence-corrected chi connectivity index (χ3v) is 4.78. The predicted molar refractivity (Wildman–Crippen MR) is 93.2 cm³/mol. The van der Waals surface area contributed by atoms with Gasteiger partial charge in [0.25, 0.3) is 5.91 Å². The first kappa shape index (κ1) is 17.8. The zero-order valence-electron chi connectivity index (χ0n) is 14.4. The van der Waals surface area contributed by atoms with E-state index in [2.05, 4.69) is 26.4 Å². The quantitative estimate of drug-likeness (QED) is 0.786. The summed E-state index contributed by atoms with van der Waals surface area (Å²) in [6.07, 6.45) is 4.64. The van der Waals surface area contributed by atoms with E-state index < -0.39 is 17.4 Å². The van der Waals surface area contributed by atoms with Gasteiger partial charge in [-0.15, -0.1) is 0 Å². The van der Waals surface area contributed by atoms with Crippen molar-refractivity contribution in [2.24, 2.45) is 5.73 Å². The second kappa shape index (κ2) is 7.09. The zero-order chi connectivity index (χ0) is 18.7. The molecule has 2 aromatic heterocycles. The largest absolute Gasteiger partial charge is 0.365 e. The van der Waals surface area contributed by atoms with E-state index in [1.807, 2.05) is 7.05 Å². The number of carbonyl (C=O) groups is 1. The summed E-state index contributed by atoms with van der Waals surface area (Å²) in [5.74, 6) is -1.06. The molecule has 3 N–H and O–H groups in total. The van der Waals surface area contributed by atoms with Crippen molar-refractivity contribution in [1.82, 2.24) is 19.7 Å². The smallest absolute Gasteiger partial charge is 0.254 e. The highest BCUT2D eigenvalue weighted by atomic mass is 19.1. The number of carbonyl (C=O) groups excluding carboxylic acids is 1. The number of pyridine rings is 1. The number of aromatic nitrogens is 3. The van der Waals surface area contributed by atoms with Crippen LogP contribution in [0.4, 0.5) is 15.9 Å². The molecule has 0 unspecified atom stereocenters. The number of likely N-dealkylation sites (tertiary alicyclic amines) is 1. The van der Waals surface area contributed by atoms with Gasteiger partial charge in [-0.3, -0.25) is 9.48 Å². The lowest BCUT2D eigenvalue weighted by atomic mass is 9.85. The lowest BCUT2D eigenvalue weighted by Crippen LogP contribution is -2.45. The molecule has 2 aromatic rings. The molecule has 1 aliphatic rings. The highest BCUT2D eigenvalue weighted by Crippen LogP contribution is 2.34. The van der Waals surface area contributed by atoms with Gasteiger partial charge in [0.2, 0.25) is 5.95 Å². The number of halogens is 1. The molecule has 0 radical (unpaired) electrons. The summed E-state index contributed by atoms with van der Waals surface area (Å²) in [6.45, 7) is 1.65. The van der Waals surface area contributed by atoms with Crippen LogP contribution in [0.5, 0.6) is 0 Å². The molecule has 1 saturated heterocycles. The van der Waals surface area contributed by atoms with E-state index >= 15 is 0 Å². The summed E-state index contributed by atoms with van der Waals surface area (Å²) in [6, 6.07) is 4.99. The first-order valence-corrected chi connectivity index (χ1v) is 8.27. The van der Waals surface area contributed by atoms with Crippen LogP contribution in [0.1, 0.15) is 29.6 Å². The van der Waals surface area contributed by atoms with Gasteiger partial charge in [-0.1, -0.05) is 0 Å². The first-order chi connectivity index (χ1) is 12.4. The number of primary amides is 1. The van der Waals surface area contributed by atoms with Crippen molar-refractivity contribution >= 4 is 17.4 Å². The van der Waals surface area contributed by atoms with Gasteiger partial charge >= 0.3 is 0 Å². The van der Waals surface area contributed by atoms with E-state index in [1.165, 1.54) is 12.3 Å². The van der Waals surface area contributed by atoms with E-state index in [-0.39, 0.29) is 17.8 Å². The number of nitrogens with two attached hydrogens (primary N) is 1. The van der Waals surface area contributed by atoms with Gasteiger partial charge in [-0.05, 0) is 26.0 Å². The second-order valence-corrected chi connectivity index (χ2v) is 6.55. The third kappa shape index (κ3) is 3.50. The van der Waals surface area contributed by atoms with Crippen molar-refractivity contribution in [3.05, 3.63) is 36.0 Å². The molecule has 0 aromatic carbocycles. The number of nitrogens with one attached hydrogen (secondary N) is 1. The van der Waals surface area contributed by atoms with E-state index in [9.17, 15) is 14.4 Å². The molecule has 0 saturated carbocycles. The number of hydrogen-bond acceptors (Lipinski definition) is 6. The standard InChI is InChI=1S/C17H20FN7O/c1-24-8-4-17(3-6-19,5-9-24)25-11-13(15(20)26)16(23-25)22-12-2-7-21-14(18)10-12/h2,7,10-11H,3-5,8-9H2,1H3,(H2,20,26)(H,21,22,23). The number of hydrogen-bond donors (Lipinski definition) is 2. The lowest BCUT2D eigenvalue weighted by Gasteiger charge is -2.39. The Kier molecular flexibility index (Phi) is 4.86. The number of anilines is 2. The summed E-state index contributed by atoms with van der Waals surface area (Å²) in [5.41, 5.74) is 5.60. The zero-order valence-corrected chi connectivity index (χ0v) is 14.4. The van der Waals surface area contributed by atoms with E-state index in [1.54, 1.807) is 16.9 Å². The third-order valence-electron chi connectivity index (χ3n) is 4.78. The molecule has 0 atom stereocenters. The molecule has 0 spiro atoms. The number of nitriles is 1. The van der Waals surface area contributed by atoms with Crippen LogP contribution in [-0.2, 0) is 5.54 Å². The molecule has 3 heterocycles. The van der Waals surface area contributed by atoms with Crippen LogP contribution in [0.2, 0.25) is 0 Å². The monoisotopic (exact) mass is 357 g/mol. The van der Waals surface area contributed by atoms with Gasteiger partial charge in [0, 0.05) is 37.2 Å². The topological polar surface area (TPSA) is 113 Å². The van der Waals surface area contributed by atoms with Gasteiger partial charge < -0.3 is 16.0 Å². The van der Waals surface area contributed by atoms with E-state index in [0.717, 1.165) is 25.9 Å². The second-order valence-electron chi connectivity index (χ2n) is 6.55. The SMILES string of the molecule is CN1CCC(CC#N)(n2cc(C(N)=O)c(Nc3ccnc(F)c3)n2)CC1. The summed E-state index contributed by atoms with van der Waals surface area (Å²) in [7, 11) is 2.03. The van der Waals surface area contributed by atoms with Crippen LogP contribution in [0.3, 0.4) is 0 Å². The highest BCUT2D eigenvalue weighted by Gasteiger charge is 2.37. The molecule has 26 heavy (non-hydrogen) atoms. The molecule has 1 aliphatic heterocycles. The predicted octanol–water partition coefficient (Wildman–Crippen LogP) is 1.59. The maximum atomic E-state index is 13.3. The molecular formula is C17H20FN7O. The summed E-state index contributed by atoms with van der Waals surface area (Å²) in [5, 5.41) is 16.7. The molecule has 9 heteroatoms. The minimum absolute atomic E-state index is 0.193. The van der Waals surface area contributed by atoms with Crippen molar-refractivity contribution in [2.45, 2.75) is 24.8 Å². The van der Waals surface area contributed by atoms with Crippen molar-refractivity contribution < 1.29 is 9.18 Å². The Labute approximate surface area is 150 Å². The van der Waals surface area contributed by atoms with Gasteiger partial charge in [0.05, 0.1) is 18.0 Å². The Morgan fingerprint density at radius 1 is 1.50 bits per heavy atom. The van der Waals surface area contributed by atoms with E-state index in [0.29, 0.717) is 5.69 Å². The Balaban J connectivity index is 1.98. The number of piperidine rings is 1. The number of rotatable bonds is 5. The van der Waals surface area contributed by atoms with Gasteiger partial charge in [0.15, 0.2) is 5.82 Å². The van der Waals surface area contributed by atoms with Crippen LogP contribution in [0, 0.1) is 17.3 Å². The Hall–Kier alpha value is -2.99. The van der Waals surface area contributed by atoms with Gasteiger partial charge in [-0.25, -0.2) is 4.98 Å². The Bertz CT molecular complexity index is 849. The fraction of sp³-hybridized carbons (Fsp3) is 0.412. The van der Waals surface area contributed by atoms with Crippen LogP contribution in [0.15, 0.2) is 24.5 Å². The molecular weight excluding hydrogens is 337 g/mol. The fourth-order valence-corrected chi connectivity index (χ4v) is 3.18. The molecule has 8 nitrogen and oxygen atoms in total. The van der Waals surface area contributed by atoms with E-state index in [4.69, 9.17) is 5.73 Å². The Morgan fingerprint density at radius 3 is 2.85 bits per heavy atom. The number of nitrogens with zero attached hydrogens (tertiary/aromatic N) is 5. The molecule has 136 valence electrons. The molecule has 1 amide bonds. The van der Waals surface area contributed by atoms with Crippen molar-refractivity contribution in [3.63, 3.8) is 0 Å². The lowest BCUT2D eigenvalue weighted by molar-refractivity contribution is 0.0999. The van der Waals surface area contributed by atoms with Crippen LogP contribution < -0.4 is 11.1 Å². The highest BCUT2D eigenvalue weighted by molar-refractivity contribution is 5.98. The molecule has 0 bridgehead atoms. The summed E-state index contributed by atoms with van der Waals surface area (Å²) >= 11 is 0. The van der Waals surface area contributed by atoms with Gasteiger partial charge in [0.1, 0.15) is 5.56 Å². The average molecular weight is 357 g/mol. The van der Waals surface area contributed by atoms with Crippen molar-refractivity contribution in [1.29, 1.82) is 5.26 Å². The number of amides is 1. The Morgan fingerprint density at radius 2 is 2.23 bits per heavy atom. The van der Waals surface area contributed by atoms with Crippen molar-refractivity contribution in [2.75, 3.05) is 25.5 Å². The average Bonchev–Trinajstić information content (AvgIpc) is 3.02. The van der Waals surface area contributed by atoms with Gasteiger partial charge in [-0.2, -0.15) is 14.8 Å². The maximum Gasteiger partial charge on any atom is 0.254 e. The van der Waals surface area contributed by atoms with Crippen LogP contribution in [0.25, 0.3) is 0 Å².